The van der Waals surface area contributed by atoms with E-state index in [9.17, 15) is 40.7 Å². The summed E-state index contributed by atoms with van der Waals surface area (Å²) in [6.45, 7) is -0.317. The van der Waals surface area contributed by atoms with Crippen LogP contribution in [0.1, 0.15) is 31.9 Å². The second-order valence-corrected chi connectivity index (χ2v) is 11.2. The minimum Gasteiger partial charge on any atom is -0.478 e. The molecule has 0 spiro atoms. The zero-order valence-corrected chi connectivity index (χ0v) is 22.7. The number of carbonyl (C=O) groups excluding carboxylic acids is 2. The molecule has 41 heavy (non-hydrogen) atoms. The van der Waals surface area contributed by atoms with Crippen molar-refractivity contribution < 1.29 is 45.8 Å². The van der Waals surface area contributed by atoms with Gasteiger partial charge >= 0.3 is 18.3 Å². The quantitative estimate of drug-likeness (QED) is 0.172. The van der Waals surface area contributed by atoms with E-state index < -0.39 is 47.8 Å². The summed E-state index contributed by atoms with van der Waals surface area (Å²) in [5.74, 6) is -2.21. The fraction of sp³-hybridized carbons (Fsp3) is 0.154. The van der Waals surface area contributed by atoms with Gasteiger partial charge in [-0.1, -0.05) is 36.1 Å². The van der Waals surface area contributed by atoms with Gasteiger partial charge < -0.3 is 10.4 Å². The number of halogens is 6. The number of nitrogens with zero attached hydrogens (tertiary/aromatic N) is 1. The largest absolute Gasteiger partial charge is 0.478 e. The third-order valence-electron chi connectivity index (χ3n) is 5.68. The first-order valence-electron chi connectivity index (χ1n) is 11.3. The molecule has 2 aromatic carbocycles. The molecule has 1 aliphatic heterocycles. The summed E-state index contributed by atoms with van der Waals surface area (Å²) in [5.41, 5.74) is -2.35. The van der Waals surface area contributed by atoms with Crippen molar-refractivity contribution in [2.75, 3.05) is 6.54 Å². The molecule has 0 atom stereocenters. The molecule has 0 unspecified atom stereocenters. The van der Waals surface area contributed by atoms with Gasteiger partial charge in [-0.3, -0.25) is 14.5 Å². The van der Waals surface area contributed by atoms with Crippen LogP contribution in [0.4, 0.5) is 26.3 Å². The van der Waals surface area contributed by atoms with Gasteiger partial charge in [0.1, 0.15) is 10.9 Å². The van der Waals surface area contributed by atoms with Crippen LogP contribution in [0.5, 0.6) is 0 Å². The van der Waals surface area contributed by atoms with Crippen LogP contribution in [0.15, 0.2) is 58.8 Å². The van der Waals surface area contributed by atoms with E-state index >= 15 is 0 Å². The number of thioether (sulfide) groups is 1. The lowest BCUT2D eigenvalue weighted by Crippen LogP contribution is -2.39. The lowest BCUT2D eigenvalue weighted by atomic mass is 10.0. The lowest BCUT2D eigenvalue weighted by molar-refractivity contribution is -0.143. The van der Waals surface area contributed by atoms with Gasteiger partial charge in [0, 0.05) is 11.4 Å². The Hall–Kier alpha value is -3.69. The van der Waals surface area contributed by atoms with Crippen LogP contribution >= 0.6 is 35.3 Å². The molecule has 1 fully saturated rings. The minimum atomic E-state index is -4.99. The first kappa shape index (κ1) is 30.3. The summed E-state index contributed by atoms with van der Waals surface area (Å²) in [4.78, 5) is 37.8. The molecule has 3 aromatic rings. The van der Waals surface area contributed by atoms with E-state index in [0.29, 0.717) is 22.6 Å². The maximum absolute atomic E-state index is 13.2. The smallest absolute Gasteiger partial charge is 0.416 e. The number of thiocarbonyl (C=S) groups is 1. The Labute approximate surface area is 241 Å². The Kier molecular flexibility index (Phi) is 8.61. The molecule has 4 rings (SSSR count). The van der Waals surface area contributed by atoms with Crippen molar-refractivity contribution in [2.45, 2.75) is 18.9 Å². The van der Waals surface area contributed by atoms with E-state index in [1.54, 1.807) is 0 Å². The summed E-state index contributed by atoms with van der Waals surface area (Å²) in [5, 5.41) is 12.9. The number of alkyl halides is 6. The average molecular weight is 631 g/mol. The van der Waals surface area contributed by atoms with Crippen LogP contribution in [0.2, 0.25) is 0 Å². The van der Waals surface area contributed by atoms with E-state index in [1.165, 1.54) is 41.8 Å². The van der Waals surface area contributed by atoms with Crippen LogP contribution in [0.25, 0.3) is 17.2 Å². The van der Waals surface area contributed by atoms with Crippen molar-refractivity contribution in [2.24, 2.45) is 0 Å². The number of hydrogen-bond donors (Lipinski definition) is 2. The molecule has 0 radical (unpaired) electrons. The number of carbonyl (C=O) groups is 3. The fourth-order valence-electron chi connectivity index (χ4n) is 3.63. The molecule has 0 bridgehead atoms. The van der Waals surface area contributed by atoms with E-state index in [1.807, 2.05) is 0 Å². The van der Waals surface area contributed by atoms with E-state index in [0.717, 1.165) is 28.0 Å². The van der Waals surface area contributed by atoms with Crippen LogP contribution in [-0.2, 0) is 28.5 Å². The van der Waals surface area contributed by atoms with Gasteiger partial charge in [-0.05, 0) is 64.5 Å². The van der Waals surface area contributed by atoms with Crippen molar-refractivity contribution >= 4 is 63.5 Å². The molecule has 2 amide bonds. The monoisotopic (exact) mass is 630 g/mol. The van der Waals surface area contributed by atoms with Gasteiger partial charge in [0.25, 0.3) is 5.91 Å². The summed E-state index contributed by atoms with van der Waals surface area (Å²) in [6.07, 6.45) is -8.58. The molecule has 2 N–H and O–H groups in total. The molecule has 2 heterocycles. The van der Waals surface area contributed by atoms with Gasteiger partial charge in [-0.25, -0.2) is 4.79 Å². The van der Waals surface area contributed by atoms with Crippen molar-refractivity contribution in [3.63, 3.8) is 0 Å². The molecule has 15 heteroatoms. The van der Waals surface area contributed by atoms with Gasteiger partial charge in [0.2, 0.25) is 5.91 Å². The van der Waals surface area contributed by atoms with Crippen molar-refractivity contribution in [1.29, 1.82) is 0 Å². The highest BCUT2D eigenvalue weighted by atomic mass is 32.2. The van der Waals surface area contributed by atoms with Gasteiger partial charge in [-0.2, -0.15) is 26.3 Å². The topological polar surface area (TPSA) is 86.7 Å². The zero-order valence-electron chi connectivity index (χ0n) is 20.3. The third kappa shape index (κ3) is 7.34. The van der Waals surface area contributed by atoms with Gasteiger partial charge in [0.05, 0.1) is 21.6 Å². The number of carboxylic acid groups (broad SMARTS) is 1. The van der Waals surface area contributed by atoms with Crippen LogP contribution in [-0.4, -0.2) is 38.7 Å². The molecule has 0 saturated carbocycles. The predicted molar refractivity (Wildman–Crippen MR) is 145 cm³/mol. The number of hydrogen-bond acceptors (Lipinski definition) is 6. The maximum atomic E-state index is 13.2. The number of carboxylic acids is 1. The number of amides is 2. The normalized spacial score (nSPS) is 15.1. The Morgan fingerprint density at radius 3 is 2.12 bits per heavy atom. The Balaban J connectivity index is 1.46. The van der Waals surface area contributed by atoms with Crippen LogP contribution in [0, 0.1) is 0 Å². The molecule has 6 nitrogen and oxygen atoms in total. The first-order valence-corrected chi connectivity index (χ1v) is 13.4. The number of aromatic carboxylic acids is 1. The number of rotatable bonds is 7. The van der Waals surface area contributed by atoms with Crippen LogP contribution < -0.4 is 5.32 Å². The minimum absolute atomic E-state index is 0.0489. The van der Waals surface area contributed by atoms with E-state index in [2.05, 4.69) is 5.32 Å². The highest BCUT2D eigenvalue weighted by molar-refractivity contribution is 8.26. The maximum Gasteiger partial charge on any atom is 0.416 e. The van der Waals surface area contributed by atoms with Crippen molar-refractivity contribution in [1.82, 2.24) is 10.2 Å². The average Bonchev–Trinajstić information content (AvgIpc) is 3.46. The highest BCUT2D eigenvalue weighted by Crippen LogP contribution is 2.40. The van der Waals surface area contributed by atoms with Crippen molar-refractivity contribution in [3.05, 3.63) is 85.9 Å². The second kappa shape index (κ2) is 11.7. The van der Waals surface area contributed by atoms with Gasteiger partial charge in [-0.15, -0.1) is 11.3 Å². The summed E-state index contributed by atoms with van der Waals surface area (Å²) in [6, 6.07) is 8.49. The molecular formula is C26H16F6N2O4S3. The second-order valence-electron chi connectivity index (χ2n) is 8.58. The van der Waals surface area contributed by atoms with E-state index in [-0.39, 0.29) is 38.5 Å². The Morgan fingerprint density at radius 2 is 1.56 bits per heavy atom. The molecule has 1 saturated heterocycles. The molecule has 1 aliphatic rings. The Morgan fingerprint density at radius 1 is 0.951 bits per heavy atom. The summed E-state index contributed by atoms with van der Waals surface area (Å²) >= 11 is 7.11. The standard InChI is InChI=1S/C26H16F6N2O4S3/c27-25(28,29)17-5-15(6-18(8-17)26(30,31)32)16-7-19(40-12-16)9-20-22(36)34(24(39)41-20)11-21(35)33-10-13-1-3-14(4-2-13)23(37)38/h1-9,12H,10-11H2,(H,33,35)(H,37,38). The van der Waals surface area contributed by atoms with E-state index in [4.69, 9.17) is 17.3 Å². The number of nitrogens with one attached hydrogen (secondary N) is 1. The van der Waals surface area contributed by atoms with Crippen molar-refractivity contribution in [3.8, 4) is 11.1 Å². The summed E-state index contributed by atoms with van der Waals surface area (Å²) < 4.78 is 79.5. The number of benzene rings is 2. The molecule has 1 aromatic heterocycles. The number of thiophene rings is 1. The lowest BCUT2D eigenvalue weighted by Gasteiger charge is -2.14. The Bertz CT molecular complexity index is 1530. The zero-order chi connectivity index (χ0) is 30.1. The summed E-state index contributed by atoms with van der Waals surface area (Å²) in [7, 11) is 0. The molecule has 214 valence electrons. The SMILES string of the molecule is O=C(CN1C(=O)C(=Cc2cc(-c3cc(C(F)(F)F)cc(C(F)(F)F)c3)cs2)SC1=S)NCc1ccc(C(=O)O)cc1. The molecular weight excluding hydrogens is 614 g/mol. The first-order chi connectivity index (χ1) is 19.1. The predicted octanol–water partition coefficient (Wildman–Crippen LogP) is 6.67. The highest BCUT2D eigenvalue weighted by Gasteiger charge is 2.37. The molecule has 0 aliphatic carbocycles. The van der Waals surface area contributed by atoms with Crippen LogP contribution in [0.3, 0.4) is 0 Å². The fourth-order valence-corrected chi connectivity index (χ4v) is 5.80. The van der Waals surface area contributed by atoms with Gasteiger partial charge in [0.15, 0.2) is 0 Å². The third-order valence-corrected chi connectivity index (χ3v) is 7.94.